The van der Waals surface area contributed by atoms with E-state index in [0.717, 1.165) is 197 Å². The lowest BCUT2D eigenvalue weighted by molar-refractivity contribution is -0.659. The molecule has 0 amide bonds. The van der Waals surface area contributed by atoms with Crippen LogP contribution in [0, 0.1) is 67.0 Å². The van der Waals surface area contributed by atoms with Crippen molar-refractivity contribution in [3.05, 3.63) is 356 Å². The van der Waals surface area contributed by atoms with Gasteiger partial charge in [0.2, 0.25) is 22.8 Å². The summed E-state index contributed by atoms with van der Waals surface area (Å²) in [5.41, 5.74) is 34.2. The van der Waals surface area contributed by atoms with Gasteiger partial charge in [-0.05, 0) is 288 Å². The molecule has 0 spiro atoms. The molecule has 0 unspecified atom stereocenters. The Hall–Kier alpha value is -13.8. The van der Waals surface area contributed by atoms with Gasteiger partial charge in [-0.15, -0.1) is 0 Å². The summed E-state index contributed by atoms with van der Waals surface area (Å²) in [5, 5.41) is 8.84. The molecule has 0 aliphatic carbocycles. The van der Waals surface area contributed by atoms with Crippen LogP contribution in [0.15, 0.2) is 249 Å². The van der Waals surface area contributed by atoms with E-state index >= 15 is 0 Å². The Bertz CT molecular complexity index is 8580. The molecule has 12 aromatic carbocycles. The summed E-state index contributed by atoms with van der Waals surface area (Å²) in [6.45, 7) is 15.7. The van der Waals surface area contributed by atoms with Gasteiger partial charge in [-0.1, -0.05) is 145 Å². The van der Waals surface area contributed by atoms with Gasteiger partial charge in [-0.25, -0.2) is 38.2 Å². The second-order valence-electron chi connectivity index (χ2n) is 36.2. The summed E-state index contributed by atoms with van der Waals surface area (Å²) >= 11 is 0. The lowest BCUT2D eigenvalue weighted by Crippen LogP contribution is -2.31. The number of pyridine rings is 4. The first-order valence-corrected chi connectivity index (χ1v) is 44.3. The highest BCUT2D eigenvalue weighted by Gasteiger charge is 2.37. The van der Waals surface area contributed by atoms with Crippen LogP contribution in [0.3, 0.4) is 0 Å². The lowest BCUT2D eigenvalue weighted by Gasteiger charge is -2.16. The number of hydrogen-bond donors (Lipinski definition) is 0. The fourth-order valence-electron chi connectivity index (χ4n) is 20.8. The Labute approximate surface area is 760 Å². The van der Waals surface area contributed by atoms with Gasteiger partial charge in [0.15, 0.2) is 24.8 Å². The summed E-state index contributed by atoms with van der Waals surface area (Å²) in [6.07, 6.45) is 10.7. The van der Waals surface area contributed by atoms with Crippen molar-refractivity contribution >= 4 is 87.2 Å². The van der Waals surface area contributed by atoms with Gasteiger partial charge in [-0.2, -0.15) is 0 Å². The Kier molecular flexibility index (Phi) is 16.5. The van der Waals surface area contributed by atoms with Gasteiger partial charge < -0.3 is 0 Å². The van der Waals surface area contributed by atoms with Gasteiger partial charge in [0, 0.05) is 66.4 Å². The van der Waals surface area contributed by atoms with Crippen LogP contribution in [0.25, 0.3) is 155 Å². The molecule has 12 nitrogen and oxygen atoms in total. The third-order valence-corrected chi connectivity index (χ3v) is 26.9. The molecule has 0 N–H and O–H groups in total. The predicted molar refractivity (Wildman–Crippen MR) is 521 cm³/mol. The van der Waals surface area contributed by atoms with Crippen molar-refractivity contribution < 1.29 is 34.7 Å². The minimum atomic E-state index is -2.28. The van der Waals surface area contributed by atoms with Crippen LogP contribution in [-0.4, -0.2) is 38.2 Å². The minimum Gasteiger partial charge on any atom is -0.296 e. The molecule has 0 fully saturated rings. The number of para-hydroxylation sites is 8. The molecule has 20 aromatic rings. The molecular weight excluding hydrogens is 1550 g/mol. The van der Waals surface area contributed by atoms with Crippen LogP contribution in [-0.2, 0) is 66.7 Å². The normalized spacial score (nSPS) is 14.5. The molecule has 4 aliphatic heterocycles. The molecule has 4 aliphatic rings. The van der Waals surface area contributed by atoms with Crippen LogP contribution >= 0.6 is 0 Å². The standard InChI is InChI=1S/2C30H30N3.C29H28N3.C26H22N3/c2*1-18(2)14-21-10-11-23-22(16-21)12-13-32(5)30(23)29-20(4)19(3)15-27-24(29)17-28-31-25-8-6-7-9-26(25)33(27)28;1-17(2)20-10-11-22-21(15-20)12-13-31(5)29(22)28-19(4)18(3)14-26-23(28)16-27-30-24-8-6-7-9-25(24)32(26)27;1-16-14-23-20(15-24-27-21-10-6-7-11-22(21)29(23)24)25(17(16)2)26-19-9-5-4-8-18(19)12-13-28(26)3/h2*6-13,15-16,18H,14,17H2,1-5H3;6-15,17H,16H2,1-5H3;4-14H,15H2,1-3H3/q4*+1/i3D3,14D2;;3D3,17D;1D3. The monoisotopic (exact) mass is 1670 g/mol. The summed E-state index contributed by atoms with van der Waals surface area (Å²) in [5.74, 6) is 3.70. The Balaban J connectivity index is 0.000000110. The fraction of sp³-hybridized carbons (Fsp3) is 0.235. The summed E-state index contributed by atoms with van der Waals surface area (Å²) in [7, 11) is 8.19. The van der Waals surface area contributed by atoms with E-state index in [2.05, 4.69) is 164 Å². The van der Waals surface area contributed by atoms with Crippen LogP contribution in [0.1, 0.15) is 171 Å². The van der Waals surface area contributed by atoms with Crippen molar-refractivity contribution in [1.82, 2.24) is 38.2 Å². The van der Waals surface area contributed by atoms with Crippen molar-refractivity contribution in [2.24, 2.45) is 40.0 Å². The van der Waals surface area contributed by atoms with Crippen LogP contribution in [0.5, 0.6) is 0 Å². The zero-order valence-electron chi connectivity index (χ0n) is 86.7. The molecule has 0 bridgehead atoms. The second-order valence-corrected chi connectivity index (χ2v) is 36.2. The summed E-state index contributed by atoms with van der Waals surface area (Å²) in [6, 6.07) is 76.0. The fourth-order valence-corrected chi connectivity index (χ4v) is 20.8. The predicted octanol–water partition coefficient (Wildman–Crippen LogP) is 24.3. The first-order chi connectivity index (χ1) is 66.1. The Morgan fingerprint density at radius 1 is 0.331 bits per heavy atom. The van der Waals surface area contributed by atoms with Crippen molar-refractivity contribution in [2.75, 3.05) is 0 Å². The van der Waals surface area contributed by atoms with Crippen LogP contribution in [0.4, 0.5) is 0 Å². The Morgan fingerprint density at radius 2 is 0.638 bits per heavy atom. The van der Waals surface area contributed by atoms with Gasteiger partial charge in [0.05, 0.1) is 111 Å². The molecule has 12 heteroatoms. The number of aryl methyl sites for hydroxylation is 8. The number of rotatable bonds is 9. The molecule has 0 radical (unpaired) electrons. The van der Waals surface area contributed by atoms with Gasteiger partial charge in [0.1, 0.15) is 51.5 Å². The zero-order chi connectivity index (χ0) is 97.8. The number of imidazole rings is 4. The highest BCUT2D eigenvalue weighted by atomic mass is 15.1. The molecule has 12 heterocycles. The highest BCUT2D eigenvalue weighted by Crippen LogP contribution is 2.48. The molecular formula is C115H110N12+4. The average Bonchev–Trinajstić information content (AvgIpc) is 1.62. The molecule has 0 atom stereocenters. The van der Waals surface area contributed by atoms with E-state index in [-0.39, 0.29) is 5.92 Å². The quantitative estimate of drug-likeness (QED) is 0.135. The van der Waals surface area contributed by atoms with E-state index in [9.17, 15) is 0 Å². The number of hydrogen-bond acceptors (Lipinski definition) is 4. The third kappa shape index (κ3) is 13.3. The van der Waals surface area contributed by atoms with E-state index in [1.54, 1.807) is 0 Å². The van der Waals surface area contributed by atoms with Crippen LogP contribution in [0.2, 0.25) is 0 Å². The van der Waals surface area contributed by atoms with E-state index in [1.165, 1.54) is 55.5 Å². The van der Waals surface area contributed by atoms with Crippen molar-refractivity contribution in [1.29, 1.82) is 0 Å². The molecule has 0 saturated carbocycles. The van der Waals surface area contributed by atoms with Crippen molar-refractivity contribution in [2.45, 2.75) is 141 Å². The van der Waals surface area contributed by atoms with E-state index in [4.69, 9.17) is 36.4 Å². The number of benzene rings is 12. The van der Waals surface area contributed by atoms with Gasteiger partial charge in [-0.3, -0.25) is 18.3 Å². The van der Waals surface area contributed by atoms with Crippen molar-refractivity contribution in [3.8, 4) is 67.8 Å². The third-order valence-electron chi connectivity index (χ3n) is 26.9. The first kappa shape index (κ1) is 67.6. The maximum Gasteiger partial charge on any atom is 0.220 e. The smallest absolute Gasteiger partial charge is 0.220 e. The highest BCUT2D eigenvalue weighted by molar-refractivity contribution is 6.01. The minimum absolute atomic E-state index is 0.169. The molecule has 0 saturated heterocycles. The molecule has 24 rings (SSSR count). The van der Waals surface area contributed by atoms with Gasteiger partial charge in [0.25, 0.3) is 0 Å². The maximum atomic E-state index is 8.60. The van der Waals surface area contributed by atoms with E-state index < -0.39 is 32.8 Å². The van der Waals surface area contributed by atoms with E-state index in [1.807, 2.05) is 226 Å². The lowest BCUT2D eigenvalue weighted by atomic mass is 9.89. The SMILES string of the molecule is Cc1cc2c(c(-c3c4ccc(CC(C)C)cc4cc[n+]3C)c1C)Cc1nc3ccccc3n1-2.[2H]C([2H])([2H])c1cc2c(c(-c3c4ccc(C([2H])(C)C)cc4cc[n+]3C)c1C)Cc1nc3ccccc3n1-2.[2H]C([2H])([2H])c1cc2c(c(-c3c4ccc(C([2H])([2H])C(C)C)cc4cc[n+]3C)c1C)Cc1nc3ccccc3n1-2.[2H]C([2H])([2H])c1cc2c(c(-c3c4ccccc4cc[n+]3C)c1C)Cc1nc3ccccc3n1-2. The Morgan fingerprint density at radius 3 is 1.00 bits per heavy atom. The zero-order valence-corrected chi connectivity index (χ0v) is 74.7. The second kappa shape index (κ2) is 31.1. The van der Waals surface area contributed by atoms with Crippen LogP contribution < -0.4 is 18.3 Å². The molecule has 626 valence electrons. The van der Waals surface area contributed by atoms with Gasteiger partial charge >= 0.3 is 0 Å². The number of aromatic nitrogens is 12. The first-order valence-electron chi connectivity index (χ1n) is 50.3. The number of fused-ring (bicyclic) bond motifs is 24. The summed E-state index contributed by atoms with van der Waals surface area (Å²) in [4.78, 5) is 19.6. The molecule has 127 heavy (non-hydrogen) atoms. The largest absolute Gasteiger partial charge is 0.296 e. The summed E-state index contributed by atoms with van der Waals surface area (Å²) < 4.78 is 118. The maximum absolute atomic E-state index is 8.60. The van der Waals surface area contributed by atoms with Crippen molar-refractivity contribution in [3.63, 3.8) is 0 Å². The molecule has 8 aromatic heterocycles. The number of nitrogens with zero attached hydrogens (tertiary/aromatic N) is 12. The average molecular weight is 1670 g/mol. The topological polar surface area (TPSA) is 86.8 Å². The van der Waals surface area contributed by atoms with E-state index in [0.29, 0.717) is 47.4 Å².